The highest BCUT2D eigenvalue weighted by atomic mass is 32.1. The van der Waals surface area contributed by atoms with Crippen LogP contribution in [0.1, 0.15) is 15.2 Å². The van der Waals surface area contributed by atoms with Crippen LogP contribution in [0.3, 0.4) is 0 Å². The monoisotopic (exact) mass is 448 g/mol. The lowest BCUT2D eigenvalue weighted by molar-refractivity contribution is -0.119. The first-order valence-corrected chi connectivity index (χ1v) is 10.6. The normalized spacial score (nSPS) is 10.7. The van der Waals surface area contributed by atoms with Crippen LogP contribution >= 0.6 is 11.3 Å². The molecule has 0 aliphatic rings. The summed E-state index contributed by atoms with van der Waals surface area (Å²) in [5, 5.41) is 14.3. The Bertz CT molecular complexity index is 1200. The van der Waals surface area contributed by atoms with E-state index in [1.807, 2.05) is 41.8 Å². The standard InChI is InChI=1S/C22H20N6O3S/c1-31-18-10-8-17(9-11-18)27(13-19-3-2-12-32-19)20(29)14-28-25-22(24-26-28)16-6-4-15(5-7-16)21(23)30/h2-12H,13-14H2,1H3,(H2,23,30). The van der Waals surface area contributed by atoms with Gasteiger partial charge in [-0.25, -0.2) is 0 Å². The van der Waals surface area contributed by atoms with Crippen molar-refractivity contribution in [2.45, 2.75) is 13.1 Å². The number of hydrogen-bond donors (Lipinski definition) is 1. The summed E-state index contributed by atoms with van der Waals surface area (Å²) in [5.41, 5.74) is 7.06. The largest absolute Gasteiger partial charge is 0.497 e. The van der Waals surface area contributed by atoms with Gasteiger partial charge in [0, 0.05) is 21.7 Å². The number of hydrogen-bond acceptors (Lipinski definition) is 7. The highest BCUT2D eigenvalue weighted by molar-refractivity contribution is 7.09. The smallest absolute Gasteiger partial charge is 0.250 e. The molecule has 4 aromatic rings. The van der Waals surface area contributed by atoms with E-state index in [-0.39, 0.29) is 12.5 Å². The second-order valence-electron chi connectivity index (χ2n) is 6.84. The first-order valence-electron chi connectivity index (χ1n) is 9.68. The molecule has 0 spiro atoms. The summed E-state index contributed by atoms with van der Waals surface area (Å²) < 4.78 is 5.22. The van der Waals surface area contributed by atoms with Crippen molar-refractivity contribution in [3.05, 3.63) is 76.5 Å². The number of amides is 2. The van der Waals surface area contributed by atoms with Crippen LogP contribution in [0.25, 0.3) is 11.4 Å². The number of ether oxygens (including phenoxy) is 1. The fourth-order valence-corrected chi connectivity index (χ4v) is 3.75. The molecule has 9 nitrogen and oxygen atoms in total. The maximum Gasteiger partial charge on any atom is 0.250 e. The van der Waals surface area contributed by atoms with E-state index >= 15 is 0 Å². The van der Waals surface area contributed by atoms with E-state index < -0.39 is 5.91 Å². The summed E-state index contributed by atoms with van der Waals surface area (Å²) in [6, 6.07) is 17.8. The third kappa shape index (κ3) is 4.81. The number of tetrazole rings is 1. The molecule has 0 aliphatic heterocycles. The Hall–Kier alpha value is -4.05. The molecule has 0 radical (unpaired) electrons. The molecule has 4 rings (SSSR count). The van der Waals surface area contributed by atoms with Gasteiger partial charge in [0.15, 0.2) is 0 Å². The number of rotatable bonds is 8. The van der Waals surface area contributed by atoms with Crippen molar-refractivity contribution in [2.75, 3.05) is 12.0 Å². The van der Waals surface area contributed by atoms with Gasteiger partial charge in [-0.15, -0.1) is 21.5 Å². The fourth-order valence-electron chi connectivity index (χ4n) is 3.06. The molecule has 2 N–H and O–H groups in total. The quantitative estimate of drug-likeness (QED) is 0.443. The third-order valence-electron chi connectivity index (χ3n) is 4.74. The maximum atomic E-state index is 13.2. The van der Waals surface area contributed by atoms with E-state index in [9.17, 15) is 9.59 Å². The second kappa shape index (κ2) is 9.40. The zero-order valence-electron chi connectivity index (χ0n) is 17.2. The molecular formula is C22H20N6O3S. The average Bonchev–Trinajstić information content (AvgIpc) is 3.50. The number of benzene rings is 2. The number of carbonyl (C=O) groups excluding carboxylic acids is 2. The number of thiophene rings is 1. The minimum absolute atomic E-state index is 0.0796. The average molecular weight is 449 g/mol. The van der Waals surface area contributed by atoms with Crippen LogP contribution in [-0.4, -0.2) is 39.1 Å². The number of carbonyl (C=O) groups is 2. The molecule has 0 saturated heterocycles. The Kier molecular flexibility index (Phi) is 6.22. The van der Waals surface area contributed by atoms with Crippen molar-refractivity contribution in [3.63, 3.8) is 0 Å². The lowest BCUT2D eigenvalue weighted by Crippen LogP contribution is -2.33. The summed E-state index contributed by atoms with van der Waals surface area (Å²) in [6.07, 6.45) is 0. The molecule has 162 valence electrons. The molecule has 0 bridgehead atoms. The lowest BCUT2D eigenvalue weighted by Gasteiger charge is -2.22. The number of aromatic nitrogens is 4. The Labute approximate surface area is 188 Å². The van der Waals surface area contributed by atoms with Gasteiger partial charge in [0.25, 0.3) is 5.91 Å². The molecule has 0 atom stereocenters. The van der Waals surface area contributed by atoms with Crippen molar-refractivity contribution < 1.29 is 14.3 Å². The van der Waals surface area contributed by atoms with Gasteiger partial charge in [-0.3, -0.25) is 9.59 Å². The summed E-state index contributed by atoms with van der Waals surface area (Å²) in [4.78, 5) is 28.4. The maximum absolute atomic E-state index is 13.2. The number of primary amides is 1. The van der Waals surface area contributed by atoms with E-state index in [2.05, 4.69) is 15.4 Å². The SMILES string of the molecule is COc1ccc(N(Cc2cccs2)C(=O)Cn2nnc(-c3ccc(C(N)=O)cc3)n2)cc1. The van der Waals surface area contributed by atoms with E-state index in [0.717, 1.165) is 10.6 Å². The van der Waals surface area contributed by atoms with Gasteiger partial charge in [0.05, 0.1) is 13.7 Å². The predicted octanol–water partition coefficient (Wildman–Crippen LogP) is 2.74. The number of nitrogens with zero attached hydrogens (tertiary/aromatic N) is 5. The van der Waals surface area contributed by atoms with Gasteiger partial charge in [-0.05, 0) is 53.1 Å². The van der Waals surface area contributed by atoms with Crippen LogP contribution in [0.15, 0.2) is 66.0 Å². The Morgan fingerprint density at radius 1 is 1.09 bits per heavy atom. The molecule has 0 saturated carbocycles. The predicted molar refractivity (Wildman–Crippen MR) is 120 cm³/mol. The van der Waals surface area contributed by atoms with E-state index in [4.69, 9.17) is 10.5 Å². The molecule has 10 heteroatoms. The zero-order chi connectivity index (χ0) is 22.5. The zero-order valence-corrected chi connectivity index (χ0v) is 18.0. The molecule has 2 aromatic carbocycles. The van der Waals surface area contributed by atoms with Crippen LogP contribution in [-0.2, 0) is 17.9 Å². The Morgan fingerprint density at radius 3 is 2.47 bits per heavy atom. The van der Waals surface area contributed by atoms with Crippen LogP contribution in [0.2, 0.25) is 0 Å². The summed E-state index contributed by atoms with van der Waals surface area (Å²) in [6.45, 7) is 0.350. The van der Waals surface area contributed by atoms with Gasteiger partial charge in [-0.1, -0.05) is 18.2 Å². The van der Waals surface area contributed by atoms with Crippen LogP contribution in [0, 0.1) is 0 Å². The van der Waals surface area contributed by atoms with Gasteiger partial charge >= 0.3 is 0 Å². The minimum Gasteiger partial charge on any atom is -0.497 e. The summed E-state index contributed by atoms with van der Waals surface area (Å²) in [5.74, 6) is 0.366. The van der Waals surface area contributed by atoms with Crippen molar-refractivity contribution >= 4 is 28.8 Å². The van der Waals surface area contributed by atoms with E-state index in [0.29, 0.717) is 29.2 Å². The van der Waals surface area contributed by atoms with Crippen molar-refractivity contribution in [3.8, 4) is 17.1 Å². The molecule has 0 aliphatic carbocycles. The van der Waals surface area contributed by atoms with E-state index in [1.54, 1.807) is 47.6 Å². The summed E-state index contributed by atoms with van der Waals surface area (Å²) >= 11 is 1.58. The fraction of sp³-hybridized carbons (Fsp3) is 0.136. The van der Waals surface area contributed by atoms with Gasteiger partial charge in [0.1, 0.15) is 12.3 Å². The van der Waals surface area contributed by atoms with Gasteiger partial charge < -0.3 is 15.4 Å². The number of methoxy groups -OCH3 is 1. The highest BCUT2D eigenvalue weighted by Gasteiger charge is 2.19. The molecule has 2 amide bonds. The van der Waals surface area contributed by atoms with Crippen LogP contribution < -0.4 is 15.4 Å². The first kappa shape index (κ1) is 21.2. The minimum atomic E-state index is -0.511. The first-order chi connectivity index (χ1) is 15.5. The number of anilines is 1. The molecule has 0 unspecified atom stereocenters. The summed E-state index contributed by atoms with van der Waals surface area (Å²) in [7, 11) is 1.60. The molecule has 32 heavy (non-hydrogen) atoms. The topological polar surface area (TPSA) is 116 Å². The van der Waals surface area contributed by atoms with Crippen molar-refractivity contribution in [2.24, 2.45) is 5.73 Å². The van der Waals surface area contributed by atoms with Crippen LogP contribution in [0.4, 0.5) is 5.69 Å². The Morgan fingerprint density at radius 2 is 1.84 bits per heavy atom. The molecule has 2 heterocycles. The van der Waals surface area contributed by atoms with E-state index in [1.165, 1.54) is 4.80 Å². The van der Waals surface area contributed by atoms with Crippen LogP contribution in [0.5, 0.6) is 5.75 Å². The van der Waals surface area contributed by atoms with Crippen molar-refractivity contribution in [1.82, 2.24) is 20.2 Å². The molecule has 2 aromatic heterocycles. The molecule has 0 fully saturated rings. The Balaban J connectivity index is 1.53. The van der Waals surface area contributed by atoms with Gasteiger partial charge in [0.2, 0.25) is 11.7 Å². The lowest BCUT2D eigenvalue weighted by atomic mass is 10.1. The number of nitrogens with two attached hydrogens (primary N) is 1. The van der Waals surface area contributed by atoms with Crippen molar-refractivity contribution in [1.29, 1.82) is 0 Å². The second-order valence-corrected chi connectivity index (χ2v) is 7.87. The molecular weight excluding hydrogens is 428 g/mol. The third-order valence-corrected chi connectivity index (χ3v) is 5.60. The van der Waals surface area contributed by atoms with Gasteiger partial charge in [-0.2, -0.15) is 4.80 Å². The highest BCUT2D eigenvalue weighted by Crippen LogP contribution is 2.23.